The Morgan fingerprint density at radius 3 is 2.59 bits per heavy atom. The lowest BCUT2D eigenvalue weighted by molar-refractivity contribution is -0.152. The molecule has 1 aromatic carbocycles. The fraction of sp³-hybridized carbons (Fsp3) is 0.429. The van der Waals surface area contributed by atoms with Gasteiger partial charge in [-0.1, -0.05) is 23.2 Å². The van der Waals surface area contributed by atoms with Crippen molar-refractivity contribution >= 4 is 35.5 Å². The number of hydroxylamine groups is 2. The molecular formula is C14H16Cl2N2O4. The Labute approximate surface area is 138 Å². The van der Waals surface area contributed by atoms with Crippen molar-refractivity contribution in [1.82, 2.24) is 9.96 Å². The van der Waals surface area contributed by atoms with Crippen molar-refractivity contribution in [2.45, 2.75) is 19.4 Å². The Hall–Kier alpha value is -1.50. The van der Waals surface area contributed by atoms with Gasteiger partial charge in [-0.2, -0.15) is 0 Å². The molecule has 0 bridgehead atoms. The van der Waals surface area contributed by atoms with Crippen LogP contribution in [0, 0.1) is 0 Å². The Morgan fingerprint density at radius 2 is 2.05 bits per heavy atom. The minimum absolute atomic E-state index is 0.0223. The average Bonchev–Trinajstić information content (AvgIpc) is 2.87. The highest BCUT2D eigenvalue weighted by Crippen LogP contribution is 2.34. The molecule has 0 spiro atoms. The third-order valence-electron chi connectivity index (χ3n) is 3.30. The predicted octanol–water partition coefficient (Wildman–Crippen LogP) is 2.34. The zero-order valence-corrected chi connectivity index (χ0v) is 13.3. The maximum absolute atomic E-state index is 11.5. The van der Waals surface area contributed by atoms with Gasteiger partial charge < -0.3 is 9.64 Å². The van der Waals surface area contributed by atoms with E-state index in [1.807, 2.05) is 0 Å². The Bertz CT molecular complexity index is 545. The number of likely N-dealkylation sites (tertiary alicyclic amines) is 1. The highest BCUT2D eigenvalue weighted by Gasteiger charge is 2.20. The van der Waals surface area contributed by atoms with Crippen molar-refractivity contribution in [3.8, 4) is 5.75 Å². The van der Waals surface area contributed by atoms with Crippen molar-refractivity contribution in [1.29, 1.82) is 0 Å². The molecule has 6 nitrogen and oxygen atoms in total. The largest absolute Gasteiger partial charge is 0.489 e. The average molecular weight is 347 g/mol. The smallest absolute Gasteiger partial charge is 0.233 e. The van der Waals surface area contributed by atoms with Crippen LogP contribution in [0.1, 0.15) is 18.4 Å². The van der Waals surface area contributed by atoms with Crippen molar-refractivity contribution in [2.75, 3.05) is 19.7 Å². The summed E-state index contributed by atoms with van der Waals surface area (Å²) in [5, 5.41) is 10.2. The van der Waals surface area contributed by atoms with Crippen molar-refractivity contribution in [2.24, 2.45) is 0 Å². The van der Waals surface area contributed by atoms with Gasteiger partial charge in [0, 0.05) is 13.0 Å². The maximum Gasteiger partial charge on any atom is 0.233 e. The highest BCUT2D eigenvalue weighted by molar-refractivity contribution is 6.37. The first-order chi connectivity index (χ1) is 10.5. The summed E-state index contributed by atoms with van der Waals surface area (Å²) in [5.41, 5.74) is 0.576. The summed E-state index contributed by atoms with van der Waals surface area (Å²) < 4.78 is 5.56. The molecule has 1 N–H and O–H groups in total. The van der Waals surface area contributed by atoms with Crippen molar-refractivity contribution in [3.63, 3.8) is 0 Å². The van der Waals surface area contributed by atoms with E-state index in [-0.39, 0.29) is 22.5 Å². The van der Waals surface area contributed by atoms with Gasteiger partial charge in [-0.15, -0.1) is 0 Å². The van der Waals surface area contributed by atoms with Crippen LogP contribution in [-0.2, 0) is 16.1 Å². The lowest BCUT2D eigenvalue weighted by Crippen LogP contribution is -2.29. The molecule has 0 aliphatic carbocycles. The molecule has 1 aliphatic rings. The summed E-state index contributed by atoms with van der Waals surface area (Å²) >= 11 is 12.2. The zero-order valence-electron chi connectivity index (χ0n) is 11.8. The lowest BCUT2D eigenvalue weighted by Gasteiger charge is -2.17. The summed E-state index contributed by atoms with van der Waals surface area (Å²) in [6.07, 6.45) is 1.76. The SMILES string of the molecule is O=CN(O)Cc1cc(Cl)c(OCCN2CCCC2=O)c(Cl)c1. The lowest BCUT2D eigenvalue weighted by atomic mass is 10.2. The second-order valence-corrected chi connectivity index (χ2v) is 5.74. The standard InChI is InChI=1S/C14H16Cl2N2O4/c15-11-6-10(8-18(21)9-19)7-12(16)14(11)22-5-4-17-3-1-2-13(17)20/h6-7,9,21H,1-5,8H2. The molecule has 0 aromatic heterocycles. The van der Waals surface area contributed by atoms with Crippen LogP contribution < -0.4 is 4.74 Å². The van der Waals surface area contributed by atoms with Gasteiger partial charge in [-0.05, 0) is 24.1 Å². The molecule has 22 heavy (non-hydrogen) atoms. The summed E-state index contributed by atoms with van der Waals surface area (Å²) in [4.78, 5) is 23.6. The van der Waals surface area contributed by atoms with Gasteiger partial charge >= 0.3 is 0 Å². The van der Waals surface area contributed by atoms with Crippen LogP contribution in [0.5, 0.6) is 5.75 Å². The summed E-state index contributed by atoms with van der Waals surface area (Å²) in [6.45, 7) is 1.51. The van der Waals surface area contributed by atoms with E-state index in [0.717, 1.165) is 13.0 Å². The number of carbonyl (C=O) groups is 2. The van der Waals surface area contributed by atoms with Crippen LogP contribution in [0.25, 0.3) is 0 Å². The molecule has 2 rings (SSSR count). The van der Waals surface area contributed by atoms with Crippen molar-refractivity contribution < 1.29 is 19.5 Å². The monoisotopic (exact) mass is 346 g/mol. The molecule has 0 saturated carbocycles. The van der Waals surface area contributed by atoms with Crippen LogP contribution in [0.15, 0.2) is 12.1 Å². The number of ether oxygens (including phenoxy) is 1. The van der Waals surface area contributed by atoms with Crippen LogP contribution in [-0.4, -0.2) is 47.2 Å². The fourth-order valence-electron chi connectivity index (χ4n) is 2.26. The molecule has 1 heterocycles. The molecule has 2 amide bonds. The topological polar surface area (TPSA) is 70.1 Å². The Kier molecular flexibility index (Phi) is 5.88. The van der Waals surface area contributed by atoms with Crippen LogP contribution in [0.2, 0.25) is 10.0 Å². The first-order valence-electron chi connectivity index (χ1n) is 6.80. The third-order valence-corrected chi connectivity index (χ3v) is 3.86. The van der Waals surface area contributed by atoms with Crippen LogP contribution in [0.3, 0.4) is 0 Å². The van der Waals surface area contributed by atoms with E-state index < -0.39 is 0 Å². The number of hydrogen-bond donors (Lipinski definition) is 1. The van der Waals surface area contributed by atoms with Gasteiger partial charge in [0.1, 0.15) is 6.61 Å². The van der Waals surface area contributed by atoms with Crippen LogP contribution in [0.4, 0.5) is 0 Å². The number of halogens is 2. The van der Waals surface area contributed by atoms with Crippen LogP contribution >= 0.6 is 23.2 Å². The third kappa shape index (κ3) is 4.25. The molecule has 1 aromatic rings. The maximum atomic E-state index is 11.5. The molecule has 0 unspecified atom stereocenters. The van der Waals surface area contributed by atoms with Gasteiger partial charge in [-0.25, -0.2) is 5.06 Å². The van der Waals surface area contributed by atoms with E-state index in [9.17, 15) is 9.59 Å². The molecule has 120 valence electrons. The fourth-order valence-corrected chi connectivity index (χ4v) is 2.91. The summed E-state index contributed by atoms with van der Waals surface area (Å²) in [7, 11) is 0. The van der Waals surface area contributed by atoms with Gasteiger partial charge in [-0.3, -0.25) is 14.8 Å². The molecule has 1 saturated heterocycles. The molecule has 0 atom stereocenters. The van der Waals surface area contributed by atoms with E-state index >= 15 is 0 Å². The second-order valence-electron chi connectivity index (χ2n) is 4.92. The zero-order chi connectivity index (χ0) is 16.1. The van der Waals surface area contributed by atoms with E-state index in [4.69, 9.17) is 33.1 Å². The summed E-state index contributed by atoms with van der Waals surface area (Å²) in [6, 6.07) is 3.13. The highest BCUT2D eigenvalue weighted by atomic mass is 35.5. The number of amides is 2. The molecular weight excluding hydrogens is 331 g/mol. The quantitative estimate of drug-likeness (QED) is 0.467. The minimum Gasteiger partial charge on any atom is -0.489 e. The number of benzene rings is 1. The molecule has 8 heteroatoms. The molecule has 1 aliphatic heterocycles. The second kappa shape index (κ2) is 7.67. The van der Waals surface area contributed by atoms with E-state index in [1.54, 1.807) is 17.0 Å². The predicted molar refractivity (Wildman–Crippen MR) is 81.2 cm³/mol. The first kappa shape index (κ1) is 16.9. The number of carbonyl (C=O) groups excluding carboxylic acids is 2. The van der Waals surface area contributed by atoms with Gasteiger partial charge in [0.25, 0.3) is 0 Å². The number of rotatable bonds is 7. The van der Waals surface area contributed by atoms with E-state index in [0.29, 0.717) is 42.4 Å². The Balaban J connectivity index is 1.96. The normalized spacial score (nSPS) is 14.3. The van der Waals surface area contributed by atoms with Gasteiger partial charge in [0.15, 0.2) is 5.75 Å². The van der Waals surface area contributed by atoms with Crippen molar-refractivity contribution in [3.05, 3.63) is 27.7 Å². The van der Waals surface area contributed by atoms with E-state index in [1.165, 1.54) is 0 Å². The molecule has 0 radical (unpaired) electrons. The van der Waals surface area contributed by atoms with E-state index in [2.05, 4.69) is 0 Å². The number of hydrogen-bond acceptors (Lipinski definition) is 4. The first-order valence-corrected chi connectivity index (χ1v) is 7.56. The molecule has 1 fully saturated rings. The summed E-state index contributed by atoms with van der Waals surface area (Å²) in [5.74, 6) is 0.461. The van der Waals surface area contributed by atoms with Gasteiger partial charge in [0.2, 0.25) is 12.3 Å². The number of nitrogens with zero attached hydrogens (tertiary/aromatic N) is 2. The Morgan fingerprint density at radius 1 is 1.36 bits per heavy atom. The van der Waals surface area contributed by atoms with Gasteiger partial charge in [0.05, 0.1) is 23.1 Å². The minimum atomic E-state index is -0.0223.